The minimum atomic E-state index is -4.04. The molecular weight excluding hydrogens is 362 g/mol. The lowest BCUT2D eigenvalue weighted by molar-refractivity contribution is -0.197. The number of hydrogen-bond acceptors (Lipinski definition) is 6. The maximum absolute atomic E-state index is 12.0. The lowest BCUT2D eigenvalue weighted by atomic mass is 9.97. The van der Waals surface area contributed by atoms with Crippen molar-refractivity contribution in [1.29, 1.82) is 0 Å². The summed E-state index contributed by atoms with van der Waals surface area (Å²) >= 11 is 0. The molecular formula is C17H23NO7S. The number of nitrogens with one attached hydrogen (secondary N) is 1. The highest BCUT2D eigenvalue weighted by molar-refractivity contribution is 7.89. The fourth-order valence-corrected chi connectivity index (χ4v) is 4.79. The smallest absolute Gasteiger partial charge is 0.395 e. The lowest BCUT2D eigenvalue weighted by Crippen LogP contribution is -2.59. The third-order valence-electron chi connectivity index (χ3n) is 4.74. The molecule has 3 unspecified atom stereocenters. The van der Waals surface area contributed by atoms with Crippen LogP contribution in [0.25, 0.3) is 0 Å². The second-order valence-corrected chi connectivity index (χ2v) is 8.54. The monoisotopic (exact) mass is 385 g/mol. The van der Waals surface area contributed by atoms with Gasteiger partial charge in [0.2, 0.25) is 10.0 Å². The van der Waals surface area contributed by atoms with Crippen LogP contribution in [0.5, 0.6) is 11.5 Å². The first-order valence-electron chi connectivity index (χ1n) is 8.72. The van der Waals surface area contributed by atoms with Gasteiger partial charge in [-0.05, 0) is 31.7 Å². The van der Waals surface area contributed by atoms with Gasteiger partial charge in [-0.1, -0.05) is 25.5 Å². The summed E-state index contributed by atoms with van der Waals surface area (Å²) in [6.07, 6.45) is 3.86. The molecule has 9 heteroatoms. The van der Waals surface area contributed by atoms with Crippen LogP contribution in [-0.2, 0) is 14.8 Å². The Labute approximate surface area is 152 Å². The van der Waals surface area contributed by atoms with E-state index in [2.05, 4.69) is 0 Å². The number of rotatable bonds is 8. The number of aliphatic hydroxyl groups is 1. The number of hydrogen-bond donors (Lipinski definition) is 3. The highest BCUT2D eigenvalue weighted by Crippen LogP contribution is 2.50. The fraction of sp³-hybridized carbons (Fsp3) is 0.588. The SMILES string of the molecule is CCCCS(=O)(=O)NC(O)(Oc1cccc2c1OC1CCCC21)C(=O)O. The fourth-order valence-electron chi connectivity index (χ4n) is 3.47. The van der Waals surface area contributed by atoms with Crippen molar-refractivity contribution in [2.75, 3.05) is 5.75 Å². The quantitative estimate of drug-likeness (QED) is 0.580. The van der Waals surface area contributed by atoms with Crippen molar-refractivity contribution < 1.29 is 32.9 Å². The van der Waals surface area contributed by atoms with Gasteiger partial charge in [0.25, 0.3) is 0 Å². The van der Waals surface area contributed by atoms with Gasteiger partial charge < -0.3 is 19.7 Å². The van der Waals surface area contributed by atoms with Gasteiger partial charge in [0.15, 0.2) is 11.5 Å². The predicted octanol–water partition coefficient (Wildman–Crippen LogP) is 1.54. The number of sulfonamides is 1. The van der Waals surface area contributed by atoms with E-state index < -0.39 is 21.9 Å². The molecule has 2 aliphatic rings. The summed E-state index contributed by atoms with van der Waals surface area (Å²) in [6.45, 7) is 1.80. The second kappa shape index (κ2) is 7.05. The molecule has 0 saturated heterocycles. The molecule has 8 nitrogen and oxygen atoms in total. The first-order valence-corrected chi connectivity index (χ1v) is 10.4. The standard InChI is InChI=1S/C17H23NO7S/c1-2-3-10-26(22,23)18-17(21,16(19)20)25-14-9-5-7-12-11-6-4-8-13(11)24-15(12)14/h5,7,9,11,13,18,21H,2-4,6,8,10H2,1H3,(H,19,20). The molecule has 1 aromatic rings. The average molecular weight is 385 g/mol. The van der Waals surface area contributed by atoms with E-state index in [1.54, 1.807) is 17.7 Å². The van der Waals surface area contributed by atoms with Crippen LogP contribution in [0.4, 0.5) is 0 Å². The van der Waals surface area contributed by atoms with Gasteiger partial charge in [-0.3, -0.25) is 0 Å². The average Bonchev–Trinajstić information content (AvgIpc) is 3.14. The van der Waals surface area contributed by atoms with Crippen LogP contribution in [0.1, 0.15) is 50.5 Å². The first-order chi connectivity index (χ1) is 12.3. The van der Waals surface area contributed by atoms with Gasteiger partial charge in [-0.15, -0.1) is 4.72 Å². The van der Waals surface area contributed by atoms with Crippen LogP contribution < -0.4 is 14.2 Å². The van der Waals surface area contributed by atoms with Crippen molar-refractivity contribution in [3.05, 3.63) is 23.8 Å². The normalized spacial score (nSPS) is 23.6. The molecule has 1 fully saturated rings. The molecule has 0 aromatic heterocycles. The number of benzene rings is 1. The van der Waals surface area contributed by atoms with E-state index in [0.29, 0.717) is 18.6 Å². The highest BCUT2D eigenvalue weighted by Gasteiger charge is 2.46. The summed E-state index contributed by atoms with van der Waals surface area (Å²) in [6, 6.07) is 5.00. The van der Waals surface area contributed by atoms with E-state index in [0.717, 1.165) is 24.8 Å². The van der Waals surface area contributed by atoms with Gasteiger partial charge in [0, 0.05) is 11.5 Å². The van der Waals surface area contributed by atoms with Crippen LogP contribution in [0, 0.1) is 0 Å². The van der Waals surface area contributed by atoms with Gasteiger partial charge in [-0.2, -0.15) is 0 Å². The minimum Gasteiger partial charge on any atom is -0.486 e. The zero-order chi connectivity index (χ0) is 18.9. The number of ether oxygens (including phenoxy) is 2. The summed E-state index contributed by atoms with van der Waals surface area (Å²) in [5, 5.41) is 19.7. The Morgan fingerprint density at radius 1 is 1.42 bits per heavy atom. The van der Waals surface area contributed by atoms with Crippen molar-refractivity contribution in [3.63, 3.8) is 0 Å². The highest BCUT2D eigenvalue weighted by atomic mass is 32.2. The lowest BCUT2D eigenvalue weighted by Gasteiger charge is -2.26. The Balaban J connectivity index is 1.86. The van der Waals surface area contributed by atoms with E-state index >= 15 is 0 Å². The molecule has 1 aliphatic carbocycles. The van der Waals surface area contributed by atoms with Crippen molar-refractivity contribution in [2.45, 2.75) is 57.0 Å². The van der Waals surface area contributed by atoms with Crippen molar-refractivity contribution in [1.82, 2.24) is 4.72 Å². The number of unbranched alkanes of at least 4 members (excludes halogenated alkanes) is 1. The third-order valence-corrected chi connectivity index (χ3v) is 6.15. The van der Waals surface area contributed by atoms with E-state index in [4.69, 9.17) is 9.47 Å². The molecule has 144 valence electrons. The van der Waals surface area contributed by atoms with E-state index in [9.17, 15) is 23.4 Å². The molecule has 0 amide bonds. The number of carbonyl (C=O) groups is 1. The molecule has 0 spiro atoms. The number of aliphatic carboxylic acids is 1. The van der Waals surface area contributed by atoms with Crippen LogP contribution >= 0.6 is 0 Å². The van der Waals surface area contributed by atoms with E-state index in [1.807, 2.05) is 6.07 Å². The summed E-state index contributed by atoms with van der Waals surface area (Å²) in [5.74, 6) is -4.69. The molecule has 0 bridgehead atoms. The maximum atomic E-state index is 12.0. The van der Waals surface area contributed by atoms with Gasteiger partial charge >= 0.3 is 11.9 Å². The molecule has 3 atom stereocenters. The largest absolute Gasteiger partial charge is 0.486 e. The van der Waals surface area contributed by atoms with Crippen LogP contribution in [0.3, 0.4) is 0 Å². The Kier molecular flexibility index (Phi) is 5.14. The van der Waals surface area contributed by atoms with Gasteiger partial charge in [0.1, 0.15) is 6.10 Å². The zero-order valence-corrected chi connectivity index (χ0v) is 15.3. The predicted molar refractivity (Wildman–Crippen MR) is 92.5 cm³/mol. The minimum absolute atomic E-state index is 0.00000785. The Hall–Kier alpha value is -1.84. The number of para-hydroxylation sites is 1. The third kappa shape index (κ3) is 3.65. The van der Waals surface area contributed by atoms with Crippen molar-refractivity contribution >= 4 is 16.0 Å². The Morgan fingerprint density at radius 2 is 2.19 bits per heavy atom. The molecule has 1 heterocycles. The maximum Gasteiger partial charge on any atom is 0.395 e. The van der Waals surface area contributed by atoms with Crippen molar-refractivity contribution in [2.24, 2.45) is 0 Å². The Bertz CT molecular complexity index is 794. The van der Waals surface area contributed by atoms with E-state index in [1.165, 1.54) is 6.07 Å². The molecule has 1 saturated carbocycles. The number of carboxylic acid groups (broad SMARTS) is 1. The number of fused-ring (bicyclic) bond motifs is 3. The summed E-state index contributed by atoms with van der Waals surface area (Å²) < 4.78 is 36.9. The molecule has 26 heavy (non-hydrogen) atoms. The first kappa shape index (κ1) is 18.9. The number of carboxylic acids is 1. The Morgan fingerprint density at radius 3 is 2.88 bits per heavy atom. The molecule has 3 N–H and O–H groups in total. The summed E-state index contributed by atoms with van der Waals surface area (Å²) in [7, 11) is -4.04. The van der Waals surface area contributed by atoms with Crippen LogP contribution in [0.2, 0.25) is 0 Å². The van der Waals surface area contributed by atoms with Crippen LogP contribution in [0.15, 0.2) is 18.2 Å². The topological polar surface area (TPSA) is 122 Å². The molecule has 1 aliphatic heterocycles. The van der Waals surface area contributed by atoms with Gasteiger partial charge in [-0.25, -0.2) is 13.2 Å². The second-order valence-electron chi connectivity index (χ2n) is 6.69. The molecule has 0 radical (unpaired) electrons. The van der Waals surface area contributed by atoms with Crippen molar-refractivity contribution in [3.8, 4) is 11.5 Å². The van der Waals surface area contributed by atoms with Gasteiger partial charge in [0.05, 0.1) is 5.75 Å². The molecule has 3 rings (SSSR count). The zero-order valence-electron chi connectivity index (χ0n) is 14.5. The molecule has 1 aromatic carbocycles. The summed E-state index contributed by atoms with van der Waals surface area (Å²) in [4.78, 5) is 11.5. The summed E-state index contributed by atoms with van der Waals surface area (Å²) in [5.41, 5.74) is 0.895. The van der Waals surface area contributed by atoms with E-state index in [-0.39, 0.29) is 23.5 Å². The van der Waals surface area contributed by atoms with Crippen LogP contribution in [-0.4, -0.2) is 42.4 Å².